The Morgan fingerprint density at radius 1 is 1.25 bits per heavy atom. The number of hydrogen-bond acceptors (Lipinski definition) is 1. The van der Waals surface area contributed by atoms with Gasteiger partial charge in [-0.2, -0.15) is 0 Å². The molecule has 16 heavy (non-hydrogen) atoms. The number of nitrogens with one attached hydrogen (secondary N) is 1. The van der Waals surface area contributed by atoms with Crippen molar-refractivity contribution in [1.82, 2.24) is 9.97 Å². The fourth-order valence-corrected chi connectivity index (χ4v) is 2.44. The molecular formula is C14H26N2. The highest BCUT2D eigenvalue weighted by molar-refractivity contribution is 4.96. The first-order valence-corrected chi connectivity index (χ1v) is 6.62. The minimum Gasteiger partial charge on any atom is -0.348 e. The molecule has 1 rings (SSSR count). The van der Waals surface area contributed by atoms with Crippen molar-refractivity contribution in [2.24, 2.45) is 11.8 Å². The Morgan fingerprint density at radius 2 is 2.00 bits per heavy atom. The van der Waals surface area contributed by atoms with Crippen molar-refractivity contribution >= 4 is 0 Å². The van der Waals surface area contributed by atoms with Crippen LogP contribution in [0.5, 0.6) is 0 Å². The second kappa shape index (κ2) is 6.72. The molecule has 2 unspecified atom stereocenters. The van der Waals surface area contributed by atoms with Crippen molar-refractivity contribution in [3.8, 4) is 0 Å². The van der Waals surface area contributed by atoms with Crippen LogP contribution in [-0.4, -0.2) is 9.97 Å². The quantitative estimate of drug-likeness (QED) is 0.729. The second-order valence-corrected chi connectivity index (χ2v) is 5.39. The van der Waals surface area contributed by atoms with Gasteiger partial charge in [-0.05, 0) is 31.1 Å². The molecule has 0 amide bonds. The SMILES string of the molecule is CCC(CCC(C)CC(C)C)c1ncc[nH]1. The molecule has 0 saturated carbocycles. The molecule has 1 heterocycles. The summed E-state index contributed by atoms with van der Waals surface area (Å²) in [4.78, 5) is 7.61. The first-order chi connectivity index (χ1) is 7.63. The van der Waals surface area contributed by atoms with Crippen molar-refractivity contribution in [3.05, 3.63) is 18.2 Å². The molecule has 2 heteroatoms. The topological polar surface area (TPSA) is 28.7 Å². The zero-order valence-corrected chi connectivity index (χ0v) is 11.2. The minimum atomic E-state index is 0.615. The van der Waals surface area contributed by atoms with Crippen LogP contribution < -0.4 is 0 Å². The summed E-state index contributed by atoms with van der Waals surface area (Å²) >= 11 is 0. The van der Waals surface area contributed by atoms with Gasteiger partial charge in [0.25, 0.3) is 0 Å². The van der Waals surface area contributed by atoms with E-state index in [4.69, 9.17) is 0 Å². The number of aromatic nitrogens is 2. The molecule has 0 aliphatic heterocycles. The van der Waals surface area contributed by atoms with Crippen molar-refractivity contribution < 1.29 is 0 Å². The lowest BCUT2D eigenvalue weighted by Crippen LogP contribution is -2.05. The van der Waals surface area contributed by atoms with Gasteiger partial charge in [0.15, 0.2) is 0 Å². The monoisotopic (exact) mass is 222 g/mol. The van der Waals surface area contributed by atoms with Crippen molar-refractivity contribution in [2.75, 3.05) is 0 Å². The Labute approximate surface area is 99.9 Å². The van der Waals surface area contributed by atoms with Gasteiger partial charge < -0.3 is 4.98 Å². The van der Waals surface area contributed by atoms with Crippen LogP contribution >= 0.6 is 0 Å². The summed E-state index contributed by atoms with van der Waals surface area (Å²) in [7, 11) is 0. The van der Waals surface area contributed by atoms with E-state index in [1.807, 2.05) is 12.4 Å². The molecule has 0 aliphatic rings. The summed E-state index contributed by atoms with van der Waals surface area (Å²) in [5.41, 5.74) is 0. The number of aromatic amines is 1. The third-order valence-corrected chi connectivity index (χ3v) is 3.28. The Bertz CT molecular complexity index is 264. The Morgan fingerprint density at radius 3 is 2.50 bits per heavy atom. The highest BCUT2D eigenvalue weighted by Crippen LogP contribution is 2.26. The van der Waals surface area contributed by atoms with E-state index in [-0.39, 0.29) is 0 Å². The standard InChI is InChI=1S/C14H26N2/c1-5-13(14-15-8-9-16-14)7-6-12(4)10-11(2)3/h8-9,11-13H,5-7,10H2,1-4H3,(H,15,16). The first kappa shape index (κ1) is 13.3. The summed E-state index contributed by atoms with van der Waals surface area (Å²) < 4.78 is 0. The lowest BCUT2D eigenvalue weighted by atomic mass is 9.90. The van der Waals surface area contributed by atoms with Crippen molar-refractivity contribution in [3.63, 3.8) is 0 Å². The number of H-pyrrole nitrogens is 1. The summed E-state index contributed by atoms with van der Waals surface area (Å²) in [6.07, 6.45) is 8.89. The van der Waals surface area contributed by atoms with E-state index < -0.39 is 0 Å². The molecule has 2 nitrogen and oxygen atoms in total. The van der Waals surface area contributed by atoms with E-state index in [2.05, 4.69) is 37.7 Å². The molecule has 0 aromatic carbocycles. The van der Waals surface area contributed by atoms with Crippen LogP contribution in [-0.2, 0) is 0 Å². The third kappa shape index (κ3) is 4.38. The van der Waals surface area contributed by atoms with Crippen LogP contribution in [0.25, 0.3) is 0 Å². The van der Waals surface area contributed by atoms with Gasteiger partial charge in [-0.15, -0.1) is 0 Å². The molecule has 0 saturated heterocycles. The molecule has 1 aromatic heterocycles. The minimum absolute atomic E-state index is 0.615. The van der Waals surface area contributed by atoms with Crippen LogP contribution in [0.3, 0.4) is 0 Å². The largest absolute Gasteiger partial charge is 0.348 e. The predicted octanol–water partition coefficient (Wildman–Crippen LogP) is 4.37. The number of imidazole rings is 1. The van der Waals surface area contributed by atoms with E-state index >= 15 is 0 Å². The van der Waals surface area contributed by atoms with E-state index in [0.717, 1.165) is 11.8 Å². The summed E-state index contributed by atoms with van der Waals surface area (Å²) in [5.74, 6) is 3.44. The number of rotatable bonds is 7. The highest BCUT2D eigenvalue weighted by Gasteiger charge is 2.13. The molecule has 92 valence electrons. The Balaban J connectivity index is 2.35. The maximum atomic E-state index is 4.37. The average Bonchev–Trinajstić information content (AvgIpc) is 2.71. The van der Waals surface area contributed by atoms with E-state index in [0.29, 0.717) is 5.92 Å². The summed E-state index contributed by atoms with van der Waals surface area (Å²) in [6.45, 7) is 9.23. The molecule has 1 aromatic rings. The molecule has 0 spiro atoms. The normalized spacial score (nSPS) is 15.3. The van der Waals surface area contributed by atoms with Crippen LogP contribution in [0.2, 0.25) is 0 Å². The van der Waals surface area contributed by atoms with Gasteiger partial charge in [0.2, 0.25) is 0 Å². The third-order valence-electron chi connectivity index (χ3n) is 3.28. The maximum absolute atomic E-state index is 4.37. The zero-order valence-electron chi connectivity index (χ0n) is 11.2. The number of hydrogen-bond donors (Lipinski definition) is 1. The highest BCUT2D eigenvalue weighted by atomic mass is 14.9. The summed E-state index contributed by atoms with van der Waals surface area (Å²) in [6, 6.07) is 0. The molecule has 1 N–H and O–H groups in total. The molecule has 0 fully saturated rings. The summed E-state index contributed by atoms with van der Waals surface area (Å²) in [5, 5.41) is 0. The lowest BCUT2D eigenvalue weighted by Gasteiger charge is -2.17. The number of nitrogens with zero attached hydrogens (tertiary/aromatic N) is 1. The van der Waals surface area contributed by atoms with Crippen LogP contribution in [0.4, 0.5) is 0 Å². The fourth-order valence-electron chi connectivity index (χ4n) is 2.44. The molecule has 0 bridgehead atoms. The zero-order chi connectivity index (χ0) is 12.0. The van der Waals surface area contributed by atoms with Gasteiger partial charge in [-0.3, -0.25) is 0 Å². The fraction of sp³-hybridized carbons (Fsp3) is 0.786. The van der Waals surface area contributed by atoms with E-state index in [1.54, 1.807) is 0 Å². The average molecular weight is 222 g/mol. The van der Waals surface area contributed by atoms with Crippen molar-refractivity contribution in [1.29, 1.82) is 0 Å². The van der Waals surface area contributed by atoms with Gasteiger partial charge in [-0.25, -0.2) is 4.98 Å². The Hall–Kier alpha value is -0.790. The van der Waals surface area contributed by atoms with E-state index in [9.17, 15) is 0 Å². The smallest absolute Gasteiger partial charge is 0.109 e. The molecule has 0 radical (unpaired) electrons. The molecule has 2 atom stereocenters. The molecular weight excluding hydrogens is 196 g/mol. The van der Waals surface area contributed by atoms with Gasteiger partial charge in [0.05, 0.1) is 0 Å². The Kier molecular flexibility index (Phi) is 5.58. The van der Waals surface area contributed by atoms with Gasteiger partial charge in [-0.1, -0.05) is 34.1 Å². The maximum Gasteiger partial charge on any atom is 0.109 e. The predicted molar refractivity (Wildman–Crippen MR) is 69.5 cm³/mol. The van der Waals surface area contributed by atoms with Crippen LogP contribution in [0, 0.1) is 11.8 Å². The van der Waals surface area contributed by atoms with Crippen LogP contribution in [0.15, 0.2) is 12.4 Å². The van der Waals surface area contributed by atoms with Crippen molar-refractivity contribution in [2.45, 2.75) is 59.3 Å². The van der Waals surface area contributed by atoms with Gasteiger partial charge in [0.1, 0.15) is 5.82 Å². The van der Waals surface area contributed by atoms with Gasteiger partial charge >= 0.3 is 0 Å². The lowest BCUT2D eigenvalue weighted by molar-refractivity contribution is 0.385. The molecule has 0 aliphatic carbocycles. The van der Waals surface area contributed by atoms with Gasteiger partial charge in [0, 0.05) is 18.3 Å². The second-order valence-electron chi connectivity index (χ2n) is 5.39. The van der Waals surface area contributed by atoms with E-state index in [1.165, 1.54) is 31.5 Å². The first-order valence-electron chi connectivity index (χ1n) is 6.62. The van der Waals surface area contributed by atoms with Crippen LogP contribution in [0.1, 0.15) is 65.1 Å².